The zero-order valence-electron chi connectivity index (χ0n) is 18.8. The minimum absolute atomic E-state index is 0.162. The van der Waals surface area contributed by atoms with Crippen molar-refractivity contribution in [2.45, 2.75) is 39.0 Å². The number of benzene rings is 2. The fourth-order valence-electron chi connectivity index (χ4n) is 3.41. The van der Waals surface area contributed by atoms with Crippen molar-refractivity contribution in [1.29, 1.82) is 0 Å². The number of hydrogen-bond acceptors (Lipinski definition) is 4. The Morgan fingerprint density at radius 1 is 0.938 bits per heavy atom. The lowest BCUT2D eigenvalue weighted by Crippen LogP contribution is -2.26. The molecule has 7 heteroatoms. The Kier molecular flexibility index (Phi) is 6.57. The maximum Gasteiger partial charge on any atom is 0.336 e. The Labute approximate surface area is 189 Å². The Hall–Kier alpha value is -3.16. The summed E-state index contributed by atoms with van der Waals surface area (Å²) in [7, 11) is -1.19. The van der Waals surface area contributed by atoms with Crippen molar-refractivity contribution in [3.8, 4) is 11.4 Å². The Balaban J connectivity index is 1.55. The summed E-state index contributed by atoms with van der Waals surface area (Å²) in [5.74, 6) is 0.747. The molecule has 0 saturated heterocycles. The molecule has 0 aliphatic rings. The highest BCUT2D eigenvalue weighted by Gasteiger charge is 2.17. The number of pyridine rings is 1. The molecule has 4 aromatic rings. The molecule has 6 nitrogen and oxygen atoms in total. The first-order valence-corrected chi connectivity index (χ1v) is 14.5. The van der Waals surface area contributed by atoms with Crippen LogP contribution in [0.3, 0.4) is 0 Å². The van der Waals surface area contributed by atoms with E-state index in [-0.39, 0.29) is 12.4 Å². The van der Waals surface area contributed by atoms with Gasteiger partial charge in [-0.2, -0.15) is 0 Å². The quantitative estimate of drug-likeness (QED) is 0.265. The first-order valence-electron chi connectivity index (χ1n) is 10.8. The maximum absolute atomic E-state index is 13.3. The van der Waals surface area contributed by atoms with E-state index in [0.29, 0.717) is 18.9 Å². The number of imidazole rings is 1. The molecule has 0 saturated carbocycles. The lowest BCUT2D eigenvalue weighted by molar-refractivity contribution is 0.0875. The highest BCUT2D eigenvalue weighted by atomic mass is 28.3. The molecule has 166 valence electrons. The Morgan fingerprint density at radius 3 is 2.41 bits per heavy atom. The number of rotatable bonds is 9. The van der Waals surface area contributed by atoms with E-state index in [0.717, 1.165) is 28.6 Å². The van der Waals surface area contributed by atoms with E-state index < -0.39 is 8.07 Å². The smallest absolute Gasteiger partial charge is 0.336 e. The standard InChI is InChI=1S/C25H29N3O3Si/c1-32(2,3)17-16-30-19-27-23-10-7-15-26-24(23)28(25(27)29)21-11-13-22(14-12-21)31-18-20-8-5-4-6-9-20/h4-15H,16-19H2,1-3H3. The van der Waals surface area contributed by atoms with Gasteiger partial charge in [-0.25, -0.2) is 14.3 Å². The van der Waals surface area contributed by atoms with E-state index in [1.165, 1.54) is 0 Å². The van der Waals surface area contributed by atoms with Crippen molar-refractivity contribution in [2.24, 2.45) is 0 Å². The summed E-state index contributed by atoms with van der Waals surface area (Å²) in [4.78, 5) is 17.7. The molecule has 2 aromatic heterocycles. The van der Waals surface area contributed by atoms with Crippen LogP contribution in [-0.4, -0.2) is 28.8 Å². The van der Waals surface area contributed by atoms with E-state index in [1.54, 1.807) is 15.3 Å². The summed E-state index contributed by atoms with van der Waals surface area (Å²) in [6.45, 7) is 8.30. The van der Waals surface area contributed by atoms with Crippen LogP contribution in [0.1, 0.15) is 5.56 Å². The van der Waals surface area contributed by atoms with E-state index in [9.17, 15) is 4.79 Å². The second-order valence-corrected chi connectivity index (χ2v) is 14.6. The summed E-state index contributed by atoms with van der Waals surface area (Å²) >= 11 is 0. The Bertz CT molecular complexity index is 1230. The second-order valence-electron chi connectivity index (χ2n) is 9.01. The highest BCUT2D eigenvalue weighted by Crippen LogP contribution is 2.20. The molecule has 0 aliphatic heterocycles. The zero-order chi connectivity index (χ0) is 22.6. The lowest BCUT2D eigenvalue weighted by Gasteiger charge is -2.15. The van der Waals surface area contributed by atoms with Gasteiger partial charge < -0.3 is 9.47 Å². The van der Waals surface area contributed by atoms with Crippen molar-refractivity contribution in [2.75, 3.05) is 6.61 Å². The third-order valence-electron chi connectivity index (χ3n) is 5.25. The van der Waals surface area contributed by atoms with Gasteiger partial charge in [0.1, 0.15) is 19.1 Å². The SMILES string of the molecule is C[Si](C)(C)CCOCn1c(=O)n(-c2ccc(OCc3ccccc3)cc2)c2ncccc21. The van der Waals surface area contributed by atoms with Gasteiger partial charge in [0, 0.05) is 20.9 Å². The van der Waals surface area contributed by atoms with E-state index in [4.69, 9.17) is 9.47 Å². The van der Waals surface area contributed by atoms with Crippen molar-refractivity contribution in [1.82, 2.24) is 14.1 Å². The monoisotopic (exact) mass is 447 g/mol. The van der Waals surface area contributed by atoms with Gasteiger partial charge in [-0.1, -0.05) is 50.0 Å². The molecule has 0 fully saturated rings. The number of nitrogens with zero attached hydrogens (tertiary/aromatic N) is 3. The normalized spacial score (nSPS) is 11.7. The van der Waals surface area contributed by atoms with E-state index in [2.05, 4.69) is 24.6 Å². The van der Waals surface area contributed by atoms with Crippen molar-refractivity contribution in [3.05, 3.63) is 89.0 Å². The van der Waals surface area contributed by atoms with Gasteiger partial charge in [0.25, 0.3) is 0 Å². The molecule has 32 heavy (non-hydrogen) atoms. The number of hydrogen-bond donors (Lipinski definition) is 0. The van der Waals surface area contributed by atoms with E-state index >= 15 is 0 Å². The minimum atomic E-state index is -1.19. The summed E-state index contributed by atoms with van der Waals surface area (Å²) in [6.07, 6.45) is 1.70. The van der Waals surface area contributed by atoms with Gasteiger partial charge in [-0.3, -0.25) is 4.57 Å². The molecule has 0 spiro atoms. The third kappa shape index (κ3) is 5.18. The summed E-state index contributed by atoms with van der Waals surface area (Å²) in [5, 5.41) is 0. The lowest BCUT2D eigenvalue weighted by atomic mass is 10.2. The average Bonchev–Trinajstić information content (AvgIpc) is 3.07. The fourth-order valence-corrected chi connectivity index (χ4v) is 4.17. The highest BCUT2D eigenvalue weighted by molar-refractivity contribution is 6.76. The Morgan fingerprint density at radius 2 is 1.69 bits per heavy atom. The second kappa shape index (κ2) is 9.54. The van der Waals surface area contributed by atoms with Gasteiger partial charge in [-0.15, -0.1) is 0 Å². The average molecular weight is 448 g/mol. The topological polar surface area (TPSA) is 58.3 Å². The molecular formula is C25H29N3O3Si. The zero-order valence-corrected chi connectivity index (χ0v) is 19.8. The van der Waals surface area contributed by atoms with E-state index in [1.807, 2.05) is 66.7 Å². The number of fused-ring (bicyclic) bond motifs is 1. The molecule has 0 radical (unpaired) electrons. The maximum atomic E-state index is 13.3. The van der Waals surface area contributed by atoms with Gasteiger partial charge in [0.15, 0.2) is 5.65 Å². The third-order valence-corrected chi connectivity index (χ3v) is 6.96. The molecule has 0 aliphatic carbocycles. The largest absolute Gasteiger partial charge is 0.489 e. The number of aromatic nitrogens is 3. The predicted molar refractivity (Wildman–Crippen MR) is 130 cm³/mol. The first-order chi connectivity index (χ1) is 15.4. The van der Waals surface area contributed by atoms with Crippen LogP contribution >= 0.6 is 0 Å². The molecule has 4 rings (SSSR count). The van der Waals surface area contributed by atoms with Crippen LogP contribution in [0.5, 0.6) is 5.75 Å². The van der Waals surface area contributed by atoms with Crippen molar-refractivity contribution < 1.29 is 9.47 Å². The first kappa shape index (κ1) is 22.0. The molecule has 2 heterocycles. The minimum Gasteiger partial charge on any atom is -0.489 e. The van der Waals surface area contributed by atoms with Gasteiger partial charge in [0.05, 0.1) is 11.2 Å². The van der Waals surface area contributed by atoms with Gasteiger partial charge in [-0.05, 0) is 48.0 Å². The molecule has 2 aromatic carbocycles. The van der Waals surface area contributed by atoms with Crippen molar-refractivity contribution >= 4 is 19.2 Å². The molecule has 0 bridgehead atoms. The van der Waals surface area contributed by atoms with Crippen LogP contribution < -0.4 is 10.4 Å². The van der Waals surface area contributed by atoms with Crippen LogP contribution in [0.15, 0.2) is 77.7 Å². The van der Waals surface area contributed by atoms with Crippen LogP contribution in [0.4, 0.5) is 0 Å². The predicted octanol–water partition coefficient (Wildman–Crippen LogP) is 5.08. The van der Waals surface area contributed by atoms with Gasteiger partial charge >= 0.3 is 5.69 Å². The van der Waals surface area contributed by atoms with Crippen LogP contribution in [0.25, 0.3) is 16.9 Å². The summed E-state index contributed by atoms with van der Waals surface area (Å²) in [6, 6.07) is 22.3. The van der Waals surface area contributed by atoms with Crippen molar-refractivity contribution in [3.63, 3.8) is 0 Å². The summed E-state index contributed by atoms with van der Waals surface area (Å²) < 4.78 is 15.0. The van der Waals surface area contributed by atoms with Crippen LogP contribution in [0.2, 0.25) is 25.7 Å². The number of ether oxygens (including phenoxy) is 2. The molecular weight excluding hydrogens is 418 g/mol. The fraction of sp³-hybridized carbons (Fsp3) is 0.280. The van der Waals surface area contributed by atoms with Crippen LogP contribution in [0, 0.1) is 0 Å². The summed E-state index contributed by atoms with van der Waals surface area (Å²) in [5.41, 5.74) is 3.06. The molecule has 0 N–H and O–H groups in total. The van der Waals surface area contributed by atoms with Gasteiger partial charge in [0.2, 0.25) is 0 Å². The molecule has 0 amide bonds. The van der Waals surface area contributed by atoms with Crippen LogP contribution in [-0.2, 0) is 18.1 Å². The molecule has 0 atom stereocenters. The molecule has 0 unspecified atom stereocenters.